The van der Waals surface area contributed by atoms with Crippen LogP contribution in [0.1, 0.15) is 35.1 Å². The molecule has 0 spiro atoms. The van der Waals surface area contributed by atoms with Gasteiger partial charge in [-0.05, 0) is 46.2 Å². The van der Waals surface area contributed by atoms with Crippen LogP contribution in [0.2, 0.25) is 0 Å². The van der Waals surface area contributed by atoms with E-state index in [-0.39, 0.29) is 11.9 Å². The van der Waals surface area contributed by atoms with Crippen LogP contribution >= 0.6 is 11.3 Å². The number of hydrogen-bond donors (Lipinski definition) is 1. The Labute approximate surface area is 120 Å². The van der Waals surface area contributed by atoms with E-state index in [1.807, 2.05) is 0 Å². The van der Waals surface area contributed by atoms with Gasteiger partial charge in [-0.1, -0.05) is 0 Å². The molecule has 3 rings (SSSR count). The second-order valence-corrected chi connectivity index (χ2v) is 6.04. The van der Waals surface area contributed by atoms with Gasteiger partial charge in [0.25, 0.3) is 0 Å². The topological polar surface area (TPSA) is 73.0 Å². The predicted molar refractivity (Wildman–Crippen MR) is 78.2 cm³/mol. The minimum Gasteiger partial charge on any atom is -0.358 e. The summed E-state index contributed by atoms with van der Waals surface area (Å²) in [6, 6.07) is 2.25. The van der Waals surface area contributed by atoms with Crippen LogP contribution in [0.15, 0.2) is 11.4 Å². The lowest BCUT2D eigenvalue weighted by atomic mass is 9.94. The monoisotopic (exact) mass is 292 g/mol. The number of rotatable bonds is 3. The first-order valence-electron chi connectivity index (χ1n) is 6.58. The molecule has 0 fully saturated rings. The van der Waals surface area contributed by atoms with E-state index in [0.717, 1.165) is 19.3 Å². The van der Waals surface area contributed by atoms with Gasteiger partial charge in [-0.3, -0.25) is 4.57 Å². The third-order valence-electron chi connectivity index (χ3n) is 3.84. The molecule has 0 saturated carbocycles. The predicted octanol–water partition coefficient (Wildman–Crippen LogP) is 3.19. The molecule has 106 valence electrons. The zero-order chi connectivity index (χ0) is 14.3. The number of hydrogen-bond acceptors (Lipinski definition) is 5. The van der Waals surface area contributed by atoms with Crippen molar-refractivity contribution in [2.45, 2.75) is 32.2 Å². The average molecular weight is 292 g/mol. The summed E-state index contributed by atoms with van der Waals surface area (Å²) in [5, 5.41) is 16.5. The maximum Gasteiger partial charge on any atom is 0.406 e. The van der Waals surface area contributed by atoms with Crippen LogP contribution in [0.4, 0.5) is 11.6 Å². The zero-order valence-corrected chi connectivity index (χ0v) is 12.2. The molecule has 1 N–H and O–H groups in total. The molecule has 6 nitrogen and oxygen atoms in total. The maximum absolute atomic E-state index is 11.1. The second kappa shape index (κ2) is 4.90. The van der Waals surface area contributed by atoms with Gasteiger partial charge in [-0.25, -0.2) is 0 Å². The Hall–Kier alpha value is -1.89. The molecule has 2 heterocycles. The van der Waals surface area contributed by atoms with Crippen molar-refractivity contribution in [3.8, 4) is 0 Å². The SMILES string of the molecule is Cc1nc([N+](=O)[O-])c(NC2CCCc3sccc32)n1C. The molecule has 0 radical (unpaired) electrons. The molecule has 1 aliphatic rings. The molecule has 1 atom stereocenters. The van der Waals surface area contributed by atoms with Crippen molar-refractivity contribution in [3.63, 3.8) is 0 Å². The Kier molecular flexibility index (Phi) is 3.21. The fourth-order valence-corrected chi connectivity index (χ4v) is 3.67. The first kappa shape index (κ1) is 13.1. The highest BCUT2D eigenvalue weighted by atomic mass is 32.1. The number of aryl methyl sites for hydroxylation is 2. The molecule has 20 heavy (non-hydrogen) atoms. The number of nitrogens with one attached hydrogen (secondary N) is 1. The summed E-state index contributed by atoms with van der Waals surface area (Å²) in [7, 11) is 1.80. The summed E-state index contributed by atoms with van der Waals surface area (Å²) in [5.41, 5.74) is 1.27. The Morgan fingerprint density at radius 2 is 2.40 bits per heavy atom. The molecule has 1 aliphatic carbocycles. The van der Waals surface area contributed by atoms with E-state index < -0.39 is 4.92 Å². The molecule has 0 aliphatic heterocycles. The number of anilines is 1. The van der Waals surface area contributed by atoms with Crippen LogP contribution in [-0.4, -0.2) is 14.5 Å². The van der Waals surface area contributed by atoms with Crippen molar-refractivity contribution >= 4 is 23.0 Å². The smallest absolute Gasteiger partial charge is 0.358 e. The van der Waals surface area contributed by atoms with Gasteiger partial charge in [0, 0.05) is 18.8 Å². The van der Waals surface area contributed by atoms with Gasteiger partial charge in [0.15, 0.2) is 0 Å². The third kappa shape index (κ3) is 2.07. The normalized spacial score (nSPS) is 17.8. The fraction of sp³-hybridized carbons (Fsp3) is 0.462. The maximum atomic E-state index is 11.1. The van der Waals surface area contributed by atoms with Gasteiger partial charge in [0.2, 0.25) is 11.6 Å². The quantitative estimate of drug-likeness (QED) is 0.696. The lowest BCUT2D eigenvalue weighted by Crippen LogP contribution is -2.18. The van der Waals surface area contributed by atoms with E-state index in [1.54, 1.807) is 29.9 Å². The molecule has 7 heteroatoms. The van der Waals surface area contributed by atoms with Gasteiger partial charge < -0.3 is 15.4 Å². The average Bonchev–Trinajstić information content (AvgIpc) is 2.99. The molecule has 2 aromatic heterocycles. The molecule has 0 saturated heterocycles. The molecular weight excluding hydrogens is 276 g/mol. The second-order valence-electron chi connectivity index (χ2n) is 5.04. The Morgan fingerprint density at radius 3 is 3.15 bits per heavy atom. The Bertz CT molecular complexity index is 661. The Morgan fingerprint density at radius 1 is 1.60 bits per heavy atom. The van der Waals surface area contributed by atoms with Crippen LogP contribution in [-0.2, 0) is 13.5 Å². The minimum absolute atomic E-state index is 0.0904. The standard InChI is InChI=1S/C13H16N4O2S/c1-8-14-13(17(18)19)12(16(8)2)15-10-4-3-5-11-9(10)6-7-20-11/h6-7,10,15H,3-5H2,1-2H3. The first-order chi connectivity index (χ1) is 9.58. The summed E-state index contributed by atoms with van der Waals surface area (Å²) in [5.74, 6) is 1.05. The minimum atomic E-state index is -0.424. The highest BCUT2D eigenvalue weighted by molar-refractivity contribution is 7.10. The largest absolute Gasteiger partial charge is 0.406 e. The van der Waals surface area contributed by atoms with Gasteiger partial charge in [0.05, 0.1) is 6.04 Å². The van der Waals surface area contributed by atoms with Crippen LogP contribution in [0.3, 0.4) is 0 Å². The van der Waals surface area contributed by atoms with Gasteiger partial charge in [0.1, 0.15) is 0 Å². The number of aromatic nitrogens is 2. The van der Waals surface area contributed by atoms with E-state index in [0.29, 0.717) is 11.6 Å². The van der Waals surface area contributed by atoms with Crippen LogP contribution in [0.25, 0.3) is 0 Å². The molecule has 0 amide bonds. The summed E-state index contributed by atoms with van der Waals surface area (Å²) >= 11 is 1.76. The lowest BCUT2D eigenvalue weighted by molar-refractivity contribution is -0.388. The number of fused-ring (bicyclic) bond motifs is 1. The molecule has 0 aromatic carbocycles. The lowest BCUT2D eigenvalue weighted by Gasteiger charge is -2.24. The third-order valence-corrected chi connectivity index (χ3v) is 4.83. The summed E-state index contributed by atoms with van der Waals surface area (Å²) in [4.78, 5) is 16.1. The van der Waals surface area contributed by atoms with Crippen molar-refractivity contribution in [2.24, 2.45) is 7.05 Å². The van der Waals surface area contributed by atoms with E-state index in [1.165, 1.54) is 10.4 Å². The van der Waals surface area contributed by atoms with Gasteiger partial charge in [-0.2, -0.15) is 0 Å². The number of nitro groups is 1. The van der Waals surface area contributed by atoms with Crippen molar-refractivity contribution in [1.29, 1.82) is 0 Å². The van der Waals surface area contributed by atoms with E-state index in [4.69, 9.17) is 0 Å². The van der Waals surface area contributed by atoms with Crippen molar-refractivity contribution < 1.29 is 4.92 Å². The number of imidazole rings is 1. The van der Waals surface area contributed by atoms with Gasteiger partial charge in [-0.15, -0.1) is 11.3 Å². The Balaban J connectivity index is 1.95. The fourth-order valence-electron chi connectivity index (χ4n) is 2.68. The van der Waals surface area contributed by atoms with Crippen LogP contribution < -0.4 is 5.32 Å². The molecule has 2 aromatic rings. The van der Waals surface area contributed by atoms with Crippen molar-refractivity contribution in [3.05, 3.63) is 37.8 Å². The van der Waals surface area contributed by atoms with Crippen molar-refractivity contribution in [1.82, 2.24) is 9.55 Å². The summed E-state index contributed by atoms with van der Waals surface area (Å²) in [6.45, 7) is 1.77. The van der Waals surface area contributed by atoms with E-state index >= 15 is 0 Å². The first-order valence-corrected chi connectivity index (χ1v) is 7.46. The van der Waals surface area contributed by atoms with Crippen LogP contribution in [0, 0.1) is 17.0 Å². The zero-order valence-electron chi connectivity index (χ0n) is 11.4. The highest BCUT2D eigenvalue weighted by Crippen LogP contribution is 2.37. The van der Waals surface area contributed by atoms with E-state index in [9.17, 15) is 10.1 Å². The van der Waals surface area contributed by atoms with E-state index in [2.05, 4.69) is 21.7 Å². The van der Waals surface area contributed by atoms with Crippen molar-refractivity contribution in [2.75, 3.05) is 5.32 Å². The molecule has 0 bridgehead atoms. The summed E-state index contributed by atoms with van der Waals surface area (Å²) < 4.78 is 1.75. The van der Waals surface area contributed by atoms with Crippen LogP contribution in [0.5, 0.6) is 0 Å². The number of thiophene rings is 1. The van der Waals surface area contributed by atoms with Gasteiger partial charge >= 0.3 is 5.82 Å². The summed E-state index contributed by atoms with van der Waals surface area (Å²) in [6.07, 6.45) is 3.21. The number of nitrogens with zero attached hydrogens (tertiary/aromatic N) is 3. The molecular formula is C13H16N4O2S. The molecule has 1 unspecified atom stereocenters. The highest BCUT2D eigenvalue weighted by Gasteiger charge is 2.28.